The molecule has 156 valence electrons. The Labute approximate surface area is 184 Å². The Hall–Kier alpha value is -3.45. The number of amides is 1. The summed E-state index contributed by atoms with van der Waals surface area (Å²) in [7, 11) is 0. The average Bonchev–Trinajstić information content (AvgIpc) is 3.17. The molecule has 0 aliphatic heterocycles. The molecule has 1 N–H and O–H groups in total. The molecule has 0 saturated heterocycles. The molecule has 4 rings (SSSR count). The van der Waals surface area contributed by atoms with Crippen LogP contribution < -0.4 is 5.32 Å². The van der Waals surface area contributed by atoms with Gasteiger partial charge in [-0.2, -0.15) is 0 Å². The van der Waals surface area contributed by atoms with Crippen LogP contribution in [0.2, 0.25) is 0 Å². The first-order valence-electron chi connectivity index (χ1n) is 9.82. The second-order valence-electron chi connectivity index (χ2n) is 7.05. The van der Waals surface area contributed by atoms with Gasteiger partial charge in [0.2, 0.25) is 5.91 Å². The zero-order valence-corrected chi connectivity index (χ0v) is 17.8. The highest BCUT2D eigenvalue weighted by Crippen LogP contribution is 2.24. The second kappa shape index (κ2) is 9.57. The molecule has 1 heterocycles. The predicted octanol–water partition coefficient (Wildman–Crippen LogP) is 5.04. The molecule has 0 fully saturated rings. The Morgan fingerprint density at radius 3 is 2.42 bits per heavy atom. The standard InChI is InChI=1S/C24H21FN4OS/c1-17-11-13-19(14-12-17)29-22(15-18-7-3-2-4-8-18)27-28-24(29)31-16-23(30)26-21-10-6-5-9-20(21)25/h2-14H,15-16H2,1H3,(H,26,30). The molecule has 31 heavy (non-hydrogen) atoms. The summed E-state index contributed by atoms with van der Waals surface area (Å²) in [5.41, 5.74) is 3.37. The molecule has 0 aliphatic carbocycles. The number of thioether (sulfide) groups is 1. The van der Waals surface area contributed by atoms with E-state index in [1.807, 2.05) is 66.1 Å². The number of para-hydroxylation sites is 1. The molecule has 0 unspecified atom stereocenters. The summed E-state index contributed by atoms with van der Waals surface area (Å²) in [6.07, 6.45) is 0.615. The van der Waals surface area contributed by atoms with Crippen LogP contribution in [0.5, 0.6) is 0 Å². The van der Waals surface area contributed by atoms with E-state index in [0.29, 0.717) is 11.6 Å². The second-order valence-corrected chi connectivity index (χ2v) is 7.99. The van der Waals surface area contributed by atoms with Crippen molar-refractivity contribution in [2.75, 3.05) is 11.1 Å². The zero-order chi connectivity index (χ0) is 21.6. The average molecular weight is 433 g/mol. The van der Waals surface area contributed by atoms with Crippen LogP contribution in [0.4, 0.5) is 10.1 Å². The fourth-order valence-corrected chi connectivity index (χ4v) is 3.89. The molecule has 0 atom stereocenters. The van der Waals surface area contributed by atoms with Crippen LogP contribution in [0.3, 0.4) is 0 Å². The highest BCUT2D eigenvalue weighted by atomic mass is 32.2. The number of hydrogen-bond acceptors (Lipinski definition) is 4. The molecule has 1 aromatic heterocycles. The van der Waals surface area contributed by atoms with Crippen molar-refractivity contribution in [1.82, 2.24) is 14.8 Å². The molecule has 0 spiro atoms. The van der Waals surface area contributed by atoms with Crippen molar-refractivity contribution in [2.45, 2.75) is 18.5 Å². The zero-order valence-electron chi connectivity index (χ0n) is 17.0. The van der Waals surface area contributed by atoms with Crippen molar-refractivity contribution < 1.29 is 9.18 Å². The number of nitrogens with one attached hydrogen (secondary N) is 1. The van der Waals surface area contributed by atoms with Gasteiger partial charge in [0.05, 0.1) is 11.4 Å². The van der Waals surface area contributed by atoms with Crippen molar-refractivity contribution in [3.63, 3.8) is 0 Å². The van der Waals surface area contributed by atoms with Gasteiger partial charge in [0, 0.05) is 12.1 Å². The molecule has 0 saturated carbocycles. The van der Waals surface area contributed by atoms with E-state index in [1.165, 1.54) is 23.9 Å². The maximum Gasteiger partial charge on any atom is 0.234 e. The summed E-state index contributed by atoms with van der Waals surface area (Å²) in [6.45, 7) is 2.03. The van der Waals surface area contributed by atoms with E-state index in [-0.39, 0.29) is 17.3 Å². The van der Waals surface area contributed by atoms with Gasteiger partial charge in [0.25, 0.3) is 0 Å². The lowest BCUT2D eigenvalue weighted by Gasteiger charge is -2.11. The Balaban J connectivity index is 1.56. The summed E-state index contributed by atoms with van der Waals surface area (Å²) in [5.74, 6) is 0.1000. The van der Waals surface area contributed by atoms with E-state index in [4.69, 9.17) is 0 Å². The van der Waals surface area contributed by atoms with Crippen molar-refractivity contribution in [3.8, 4) is 5.69 Å². The monoisotopic (exact) mass is 432 g/mol. The molecular weight excluding hydrogens is 411 g/mol. The topological polar surface area (TPSA) is 59.8 Å². The Bertz CT molecular complexity index is 1180. The quantitative estimate of drug-likeness (QED) is 0.416. The highest BCUT2D eigenvalue weighted by molar-refractivity contribution is 7.99. The van der Waals surface area contributed by atoms with E-state index in [9.17, 15) is 9.18 Å². The van der Waals surface area contributed by atoms with Gasteiger partial charge in [-0.15, -0.1) is 10.2 Å². The minimum atomic E-state index is -0.464. The van der Waals surface area contributed by atoms with Crippen LogP contribution >= 0.6 is 11.8 Å². The first kappa shape index (κ1) is 20.8. The number of carbonyl (C=O) groups excluding carboxylic acids is 1. The van der Waals surface area contributed by atoms with Crippen molar-refractivity contribution in [3.05, 3.63) is 102 Å². The van der Waals surface area contributed by atoms with E-state index >= 15 is 0 Å². The number of halogens is 1. The van der Waals surface area contributed by atoms with Gasteiger partial charge in [-0.3, -0.25) is 9.36 Å². The fourth-order valence-electron chi connectivity index (χ4n) is 3.12. The predicted molar refractivity (Wildman–Crippen MR) is 121 cm³/mol. The first-order valence-corrected chi connectivity index (χ1v) is 10.8. The maximum absolute atomic E-state index is 13.8. The summed E-state index contributed by atoms with van der Waals surface area (Å²) >= 11 is 1.27. The molecule has 0 radical (unpaired) electrons. The lowest BCUT2D eigenvalue weighted by molar-refractivity contribution is -0.113. The lowest BCUT2D eigenvalue weighted by Crippen LogP contribution is -2.15. The van der Waals surface area contributed by atoms with Gasteiger partial charge >= 0.3 is 0 Å². The van der Waals surface area contributed by atoms with Crippen LogP contribution in [0.15, 0.2) is 84.0 Å². The molecular formula is C24H21FN4OS. The number of aryl methyl sites for hydroxylation is 1. The van der Waals surface area contributed by atoms with E-state index < -0.39 is 5.82 Å². The molecule has 1 amide bonds. The fraction of sp³-hybridized carbons (Fsp3) is 0.125. The Morgan fingerprint density at radius 2 is 1.68 bits per heavy atom. The molecule has 7 heteroatoms. The van der Waals surface area contributed by atoms with Gasteiger partial charge in [0.15, 0.2) is 5.16 Å². The van der Waals surface area contributed by atoms with E-state index in [2.05, 4.69) is 15.5 Å². The molecule has 5 nitrogen and oxygen atoms in total. The first-order chi connectivity index (χ1) is 15.1. The van der Waals surface area contributed by atoms with Crippen molar-refractivity contribution in [2.24, 2.45) is 0 Å². The Kier molecular flexibility index (Phi) is 6.43. The van der Waals surface area contributed by atoms with Crippen LogP contribution in [-0.4, -0.2) is 26.4 Å². The normalized spacial score (nSPS) is 10.8. The third-order valence-corrected chi connectivity index (χ3v) is 5.61. The maximum atomic E-state index is 13.8. The molecule has 0 bridgehead atoms. The smallest absolute Gasteiger partial charge is 0.234 e. The largest absolute Gasteiger partial charge is 0.323 e. The molecule has 3 aromatic carbocycles. The number of anilines is 1. The summed E-state index contributed by atoms with van der Waals surface area (Å²) in [4.78, 5) is 12.4. The SMILES string of the molecule is Cc1ccc(-n2c(Cc3ccccc3)nnc2SCC(=O)Nc2ccccc2F)cc1. The summed E-state index contributed by atoms with van der Waals surface area (Å²) in [5, 5.41) is 11.9. The minimum absolute atomic E-state index is 0.0870. The molecule has 0 aliphatic rings. The van der Waals surface area contributed by atoms with E-state index in [1.54, 1.807) is 12.1 Å². The number of aromatic nitrogens is 3. The van der Waals surface area contributed by atoms with Crippen LogP contribution in [0.25, 0.3) is 5.69 Å². The summed E-state index contributed by atoms with van der Waals surface area (Å²) < 4.78 is 15.8. The van der Waals surface area contributed by atoms with Gasteiger partial charge in [-0.1, -0.05) is 71.9 Å². The van der Waals surface area contributed by atoms with Crippen molar-refractivity contribution >= 4 is 23.4 Å². The highest BCUT2D eigenvalue weighted by Gasteiger charge is 2.17. The van der Waals surface area contributed by atoms with Crippen LogP contribution in [0.1, 0.15) is 17.0 Å². The number of nitrogens with zero attached hydrogens (tertiary/aromatic N) is 3. The van der Waals surface area contributed by atoms with E-state index in [0.717, 1.165) is 22.6 Å². The number of rotatable bonds is 7. The van der Waals surface area contributed by atoms with Gasteiger partial charge in [-0.05, 0) is 36.8 Å². The molecule has 4 aromatic rings. The lowest BCUT2D eigenvalue weighted by atomic mass is 10.1. The number of benzene rings is 3. The third-order valence-electron chi connectivity index (χ3n) is 4.68. The van der Waals surface area contributed by atoms with Crippen LogP contribution in [0, 0.1) is 12.7 Å². The van der Waals surface area contributed by atoms with Crippen LogP contribution in [-0.2, 0) is 11.2 Å². The van der Waals surface area contributed by atoms with Gasteiger partial charge in [0.1, 0.15) is 11.6 Å². The minimum Gasteiger partial charge on any atom is -0.323 e. The number of carbonyl (C=O) groups is 1. The van der Waals surface area contributed by atoms with Crippen molar-refractivity contribution in [1.29, 1.82) is 0 Å². The summed E-state index contributed by atoms with van der Waals surface area (Å²) in [6, 6.07) is 24.2. The Morgan fingerprint density at radius 1 is 0.968 bits per heavy atom. The van der Waals surface area contributed by atoms with Gasteiger partial charge < -0.3 is 5.32 Å². The third kappa shape index (κ3) is 5.19. The van der Waals surface area contributed by atoms with Gasteiger partial charge in [-0.25, -0.2) is 4.39 Å². The number of hydrogen-bond donors (Lipinski definition) is 1.